The van der Waals surface area contributed by atoms with Gasteiger partial charge in [0.05, 0.1) is 12.6 Å². The second-order valence-electron chi connectivity index (χ2n) is 17.8. The van der Waals surface area contributed by atoms with Gasteiger partial charge >= 0.3 is 18.7 Å². The van der Waals surface area contributed by atoms with E-state index in [1.807, 2.05) is 54.6 Å². The van der Waals surface area contributed by atoms with Gasteiger partial charge in [-0.2, -0.15) is 13.5 Å². The van der Waals surface area contributed by atoms with E-state index >= 15 is 0 Å². The molecule has 2 amide bonds. The van der Waals surface area contributed by atoms with Crippen molar-refractivity contribution in [1.29, 1.82) is 0 Å². The minimum atomic E-state index is -3.15. The fraction of sp³-hybridized carbons (Fsp3) is 0.373. The first kappa shape index (κ1) is 48.2. The van der Waals surface area contributed by atoms with Crippen LogP contribution in [0.3, 0.4) is 0 Å². The number of carbonyl (C=O) groups is 3. The monoisotopic (exact) mass is 1000 g/mol. The lowest BCUT2D eigenvalue weighted by Crippen LogP contribution is -2.55. The number of carbonyl (C=O) groups excluding carboxylic acids is 2. The van der Waals surface area contributed by atoms with Gasteiger partial charge in [0.25, 0.3) is 5.91 Å². The van der Waals surface area contributed by atoms with E-state index in [-0.39, 0.29) is 76.6 Å². The maximum atomic E-state index is 14.6. The standard InChI is InChI=1S/C51H50Cl2F2N4O9S/c52-41-26-58(64)27-42(53)39(41)25-40(36-15-16-43(67-49(54)55)44(24-36)66-30-31-9-10-31)51(48(61)62)59(21-22-69-51)47(60)35-13-11-32(12-14-35)29-65-38-8-4-7-37(23-38)46(34-5-2-1-3-6-34)56-50(63)68-45-28-57-19-17-33(45)18-20-57/h1-8,11-16,23-24,26-27,31,33,40,45-46,49H,9-10,17-22,25,28-30H2,(H,56,63)(H,61,62)/t40-,45-,46?,51-/m0/s1. The Labute approximate surface area is 412 Å². The highest BCUT2D eigenvalue weighted by Gasteiger charge is 2.57. The molecule has 2 N–H and O–H groups in total. The number of pyridine rings is 1. The fourth-order valence-electron chi connectivity index (χ4n) is 9.54. The van der Waals surface area contributed by atoms with Crippen LogP contribution in [0, 0.1) is 17.0 Å². The molecule has 5 fully saturated rings. The Hall–Kier alpha value is -5.81. The van der Waals surface area contributed by atoms with Gasteiger partial charge in [-0.05, 0) is 116 Å². The van der Waals surface area contributed by atoms with E-state index in [0.29, 0.717) is 22.0 Å². The Morgan fingerprint density at radius 3 is 2.25 bits per heavy atom. The summed E-state index contributed by atoms with van der Waals surface area (Å²) in [6.45, 7) is 0.0961. The van der Waals surface area contributed by atoms with Gasteiger partial charge in [-0.25, -0.2) is 9.59 Å². The highest BCUT2D eigenvalue weighted by atomic mass is 35.5. The zero-order valence-corrected chi connectivity index (χ0v) is 39.6. The summed E-state index contributed by atoms with van der Waals surface area (Å²) in [7, 11) is 0. The lowest BCUT2D eigenvalue weighted by Gasteiger charge is -2.43. The molecule has 0 radical (unpaired) electrons. The Morgan fingerprint density at radius 2 is 1.58 bits per heavy atom. The molecule has 69 heavy (non-hydrogen) atoms. The number of thioether (sulfide) groups is 1. The number of hydrogen-bond donors (Lipinski definition) is 2. The maximum Gasteiger partial charge on any atom is 0.408 e. The number of benzene rings is 4. The Morgan fingerprint density at radius 1 is 0.855 bits per heavy atom. The van der Waals surface area contributed by atoms with Crippen LogP contribution in [-0.4, -0.2) is 89.0 Å². The predicted octanol–water partition coefficient (Wildman–Crippen LogP) is 9.50. The first-order chi connectivity index (χ1) is 33.3. The van der Waals surface area contributed by atoms with E-state index in [2.05, 4.69) is 10.2 Å². The maximum absolute atomic E-state index is 14.6. The van der Waals surface area contributed by atoms with Crippen molar-refractivity contribution in [2.75, 3.05) is 38.5 Å². The number of ether oxygens (including phenoxy) is 4. The van der Waals surface area contributed by atoms with E-state index in [0.717, 1.165) is 86.2 Å². The van der Waals surface area contributed by atoms with Crippen LogP contribution < -0.4 is 24.3 Å². The molecule has 5 aliphatic rings. The molecule has 5 heterocycles. The molecule has 4 aliphatic heterocycles. The van der Waals surface area contributed by atoms with E-state index < -0.39 is 41.4 Å². The lowest BCUT2D eigenvalue weighted by molar-refractivity contribution is -0.605. The first-order valence-corrected chi connectivity index (χ1v) is 24.6. The molecule has 4 aromatic carbocycles. The Balaban J connectivity index is 0.942. The molecular formula is C51H50Cl2F2N4O9S. The minimum absolute atomic E-state index is 0.00875. The number of halogens is 4. The Kier molecular flexibility index (Phi) is 14.7. The summed E-state index contributed by atoms with van der Waals surface area (Å²) in [6.07, 6.45) is 5.29. The number of rotatable bonds is 18. The zero-order chi connectivity index (χ0) is 48.2. The number of aromatic nitrogens is 1. The van der Waals surface area contributed by atoms with Gasteiger partial charge < -0.3 is 39.5 Å². The number of carboxylic acid groups (broad SMARTS) is 1. The lowest BCUT2D eigenvalue weighted by atomic mass is 9.83. The molecule has 10 rings (SSSR count). The molecule has 5 aromatic rings. The van der Waals surface area contributed by atoms with Crippen LogP contribution in [0.5, 0.6) is 17.2 Å². The smallest absolute Gasteiger partial charge is 0.408 e. The van der Waals surface area contributed by atoms with Crippen LogP contribution >= 0.6 is 35.0 Å². The van der Waals surface area contributed by atoms with Crippen LogP contribution in [0.4, 0.5) is 13.6 Å². The van der Waals surface area contributed by atoms with E-state index in [9.17, 15) is 33.5 Å². The number of carboxylic acids is 1. The number of alkyl halides is 2. The molecule has 4 atom stereocenters. The van der Waals surface area contributed by atoms with Crippen molar-refractivity contribution in [2.24, 2.45) is 11.8 Å². The summed E-state index contributed by atoms with van der Waals surface area (Å²) >= 11 is 14.2. The van der Waals surface area contributed by atoms with Crippen molar-refractivity contribution in [3.8, 4) is 17.2 Å². The third-order valence-corrected chi connectivity index (χ3v) is 15.5. The number of nitrogens with zero attached hydrogens (tertiary/aromatic N) is 3. The molecule has 18 heteroatoms. The van der Waals surface area contributed by atoms with Gasteiger partial charge in [0.15, 0.2) is 28.8 Å². The molecular weight excluding hydrogens is 954 g/mol. The molecule has 1 unspecified atom stereocenters. The quantitative estimate of drug-likeness (QED) is 0.0638. The number of nitrogens with one attached hydrogen (secondary N) is 1. The van der Waals surface area contributed by atoms with Crippen LogP contribution in [0.25, 0.3) is 0 Å². The first-order valence-electron chi connectivity index (χ1n) is 22.9. The largest absolute Gasteiger partial charge is 0.619 e. The summed E-state index contributed by atoms with van der Waals surface area (Å²) < 4.78 is 50.6. The number of fused-ring (bicyclic) bond motifs is 3. The normalized spacial score (nSPS) is 21.6. The second kappa shape index (κ2) is 21.0. The van der Waals surface area contributed by atoms with E-state index in [1.165, 1.54) is 23.1 Å². The van der Waals surface area contributed by atoms with Crippen LogP contribution in [0.1, 0.15) is 75.8 Å². The highest BCUT2D eigenvalue weighted by molar-refractivity contribution is 8.01. The molecule has 4 saturated heterocycles. The number of piperidine rings is 3. The molecule has 1 saturated carbocycles. The number of aliphatic carboxylic acids is 1. The fourth-order valence-corrected chi connectivity index (χ4v) is 11.6. The molecule has 362 valence electrons. The molecule has 13 nitrogen and oxygen atoms in total. The molecule has 2 bridgehead atoms. The third-order valence-electron chi connectivity index (χ3n) is 13.3. The van der Waals surface area contributed by atoms with Crippen molar-refractivity contribution in [3.63, 3.8) is 0 Å². The number of alkyl carbamates (subject to hydrolysis) is 1. The average Bonchev–Trinajstić information content (AvgIpc) is 4.07. The van der Waals surface area contributed by atoms with E-state index in [1.54, 1.807) is 24.3 Å². The van der Waals surface area contributed by atoms with Crippen LogP contribution in [0.2, 0.25) is 10.0 Å². The van der Waals surface area contributed by atoms with Crippen molar-refractivity contribution in [1.82, 2.24) is 15.1 Å². The topological polar surface area (TPSA) is 154 Å². The molecule has 1 aromatic heterocycles. The Bertz CT molecular complexity index is 2640. The zero-order valence-electron chi connectivity index (χ0n) is 37.3. The SMILES string of the molecule is O=C(NC(c1ccccc1)c1cccc(OCc2ccc(C(=O)N3CCS[C@]3(C(=O)O)[C@@H](Cc3c(Cl)c[n+]([O-])cc3Cl)c3ccc(OC(F)F)c(OCC4CC4)c3)cc2)c1)O[C@H]1CN2CCC1CC2. The number of hydrogen-bond acceptors (Lipinski definition) is 10. The summed E-state index contributed by atoms with van der Waals surface area (Å²) in [5, 5.41) is 26.6. The summed E-state index contributed by atoms with van der Waals surface area (Å²) in [5.41, 5.74) is 3.19. The minimum Gasteiger partial charge on any atom is -0.619 e. The van der Waals surface area contributed by atoms with Crippen LogP contribution in [0.15, 0.2) is 109 Å². The molecule has 1 aliphatic carbocycles. The van der Waals surface area contributed by atoms with Crippen molar-refractivity contribution in [2.45, 2.75) is 68.3 Å². The summed E-state index contributed by atoms with van der Waals surface area (Å²) in [4.78, 5) is 43.6. The average molecular weight is 1000 g/mol. The summed E-state index contributed by atoms with van der Waals surface area (Å²) in [6, 6.07) is 27.5. The summed E-state index contributed by atoms with van der Waals surface area (Å²) in [5.74, 6) is -1.84. The predicted molar refractivity (Wildman–Crippen MR) is 255 cm³/mol. The van der Waals surface area contributed by atoms with Gasteiger partial charge in [0.1, 0.15) is 28.5 Å². The van der Waals surface area contributed by atoms with Gasteiger partial charge in [0, 0.05) is 35.9 Å². The van der Waals surface area contributed by atoms with Gasteiger partial charge in [0.2, 0.25) is 0 Å². The second-order valence-corrected chi connectivity index (χ2v) is 20.0. The third kappa shape index (κ3) is 11.0. The van der Waals surface area contributed by atoms with E-state index in [4.69, 9.17) is 42.1 Å². The van der Waals surface area contributed by atoms with Crippen molar-refractivity contribution >= 4 is 52.9 Å². The van der Waals surface area contributed by atoms with Crippen molar-refractivity contribution < 1.29 is 51.9 Å². The number of amides is 2. The highest BCUT2D eigenvalue weighted by Crippen LogP contribution is 2.51. The van der Waals surface area contributed by atoms with Crippen LogP contribution in [-0.2, 0) is 22.6 Å². The van der Waals surface area contributed by atoms with Gasteiger partial charge in [-0.15, -0.1) is 11.8 Å². The van der Waals surface area contributed by atoms with Gasteiger partial charge in [-0.1, -0.05) is 83.9 Å². The molecule has 0 spiro atoms. The van der Waals surface area contributed by atoms with Crippen molar-refractivity contribution in [3.05, 3.63) is 158 Å². The van der Waals surface area contributed by atoms with Gasteiger partial charge in [-0.3, -0.25) is 9.69 Å².